The molecule has 166 valence electrons. The van der Waals surface area contributed by atoms with Gasteiger partial charge in [0.25, 0.3) is 0 Å². The molecule has 5 nitrogen and oxygen atoms in total. The number of aromatic hydroxyl groups is 1. The first-order chi connectivity index (χ1) is 15.4. The van der Waals surface area contributed by atoms with Crippen LogP contribution in [0, 0.1) is 0 Å². The van der Waals surface area contributed by atoms with Gasteiger partial charge in [0.2, 0.25) is 0 Å². The van der Waals surface area contributed by atoms with Gasteiger partial charge in [-0.25, -0.2) is 0 Å². The summed E-state index contributed by atoms with van der Waals surface area (Å²) in [4.78, 5) is 16.7. The molecule has 7 heteroatoms. The number of phenolic OH excluding ortho intramolecular Hbond substituents is 1. The summed E-state index contributed by atoms with van der Waals surface area (Å²) in [5.41, 5.74) is 10.2. The summed E-state index contributed by atoms with van der Waals surface area (Å²) in [6.07, 6.45) is 8.60. The Kier molecular flexibility index (Phi) is 5.52. The third-order valence-electron chi connectivity index (χ3n) is 6.89. The molecule has 0 unspecified atom stereocenters. The SMILES string of the molecule is NC1CCC(Nc2c(C3(C=O)CC3)cnc3ccc(-c4cc(Cl)c(O)c(Cl)c4)cc23)CC1. The number of carbonyl (C=O) groups is 1. The van der Waals surface area contributed by atoms with E-state index in [1.54, 1.807) is 12.1 Å². The zero-order chi connectivity index (χ0) is 22.5. The largest absolute Gasteiger partial charge is 0.505 e. The van der Waals surface area contributed by atoms with E-state index >= 15 is 0 Å². The molecule has 0 radical (unpaired) electrons. The lowest BCUT2D eigenvalue weighted by atomic mass is 9.89. The number of halogens is 2. The van der Waals surface area contributed by atoms with Crippen molar-refractivity contribution in [3.63, 3.8) is 0 Å². The van der Waals surface area contributed by atoms with Gasteiger partial charge >= 0.3 is 0 Å². The number of phenols is 1. The summed E-state index contributed by atoms with van der Waals surface area (Å²) >= 11 is 12.3. The summed E-state index contributed by atoms with van der Waals surface area (Å²) in [6.45, 7) is 0. The van der Waals surface area contributed by atoms with Crippen LogP contribution in [0.5, 0.6) is 5.75 Å². The number of hydrogen-bond donors (Lipinski definition) is 3. The van der Waals surface area contributed by atoms with Gasteiger partial charge in [-0.05, 0) is 73.9 Å². The maximum Gasteiger partial charge on any atom is 0.152 e. The van der Waals surface area contributed by atoms with E-state index in [1.807, 2.05) is 18.3 Å². The van der Waals surface area contributed by atoms with E-state index in [4.69, 9.17) is 28.9 Å². The van der Waals surface area contributed by atoms with Gasteiger partial charge in [-0.15, -0.1) is 0 Å². The van der Waals surface area contributed by atoms with Crippen molar-refractivity contribution in [2.75, 3.05) is 5.32 Å². The minimum Gasteiger partial charge on any atom is -0.505 e. The highest BCUT2D eigenvalue weighted by Crippen LogP contribution is 2.50. The van der Waals surface area contributed by atoms with Crippen molar-refractivity contribution in [2.45, 2.75) is 56.0 Å². The molecule has 0 amide bonds. The quantitative estimate of drug-likeness (QED) is 0.409. The van der Waals surface area contributed by atoms with Gasteiger partial charge in [0.15, 0.2) is 5.75 Å². The minimum atomic E-state index is -0.449. The molecule has 2 fully saturated rings. The highest BCUT2D eigenvalue weighted by atomic mass is 35.5. The number of anilines is 1. The van der Waals surface area contributed by atoms with Crippen molar-refractivity contribution in [1.82, 2.24) is 4.98 Å². The molecule has 4 N–H and O–H groups in total. The Morgan fingerprint density at radius 1 is 1.06 bits per heavy atom. The molecule has 0 aliphatic heterocycles. The number of nitrogens with one attached hydrogen (secondary N) is 1. The monoisotopic (exact) mass is 469 g/mol. The van der Waals surface area contributed by atoms with Crippen LogP contribution in [0.2, 0.25) is 10.0 Å². The fourth-order valence-corrected chi connectivity index (χ4v) is 5.18. The molecule has 32 heavy (non-hydrogen) atoms. The Morgan fingerprint density at radius 2 is 1.75 bits per heavy atom. The lowest BCUT2D eigenvalue weighted by Gasteiger charge is -2.29. The van der Waals surface area contributed by atoms with Crippen molar-refractivity contribution in [1.29, 1.82) is 0 Å². The second kappa shape index (κ2) is 8.22. The van der Waals surface area contributed by atoms with Gasteiger partial charge in [0.05, 0.1) is 21.0 Å². The summed E-state index contributed by atoms with van der Waals surface area (Å²) in [5.74, 6) is -0.124. The number of hydrogen-bond acceptors (Lipinski definition) is 5. The average molecular weight is 470 g/mol. The maximum absolute atomic E-state index is 12.0. The van der Waals surface area contributed by atoms with Gasteiger partial charge in [0, 0.05) is 34.9 Å². The highest BCUT2D eigenvalue weighted by molar-refractivity contribution is 6.37. The molecule has 3 aromatic rings. The van der Waals surface area contributed by atoms with Crippen molar-refractivity contribution in [2.24, 2.45) is 5.73 Å². The van der Waals surface area contributed by atoms with Crippen molar-refractivity contribution in [3.8, 4) is 16.9 Å². The Bertz CT molecular complexity index is 1180. The predicted molar refractivity (Wildman–Crippen MR) is 130 cm³/mol. The zero-order valence-electron chi connectivity index (χ0n) is 17.6. The fraction of sp³-hybridized carbons (Fsp3) is 0.360. The Labute approximate surface area is 196 Å². The number of fused-ring (bicyclic) bond motifs is 1. The third-order valence-corrected chi connectivity index (χ3v) is 7.47. The number of nitrogens with two attached hydrogens (primary N) is 1. The molecule has 0 spiro atoms. The molecule has 2 aliphatic carbocycles. The van der Waals surface area contributed by atoms with Crippen LogP contribution in [0.4, 0.5) is 5.69 Å². The van der Waals surface area contributed by atoms with Crippen LogP contribution < -0.4 is 11.1 Å². The first-order valence-corrected chi connectivity index (χ1v) is 11.8. The molecule has 5 rings (SSSR count). The number of carbonyl (C=O) groups excluding carboxylic acids is 1. The van der Waals surface area contributed by atoms with Crippen LogP contribution in [-0.4, -0.2) is 28.5 Å². The van der Waals surface area contributed by atoms with E-state index in [-0.39, 0.29) is 21.8 Å². The van der Waals surface area contributed by atoms with Crippen molar-refractivity contribution < 1.29 is 9.90 Å². The van der Waals surface area contributed by atoms with Crippen LogP contribution in [0.15, 0.2) is 36.5 Å². The Hall–Kier alpha value is -2.34. The molecule has 0 atom stereocenters. The Morgan fingerprint density at radius 3 is 2.38 bits per heavy atom. The highest BCUT2D eigenvalue weighted by Gasteiger charge is 2.46. The van der Waals surface area contributed by atoms with Crippen LogP contribution in [-0.2, 0) is 10.2 Å². The summed E-state index contributed by atoms with van der Waals surface area (Å²) < 4.78 is 0. The molecule has 0 saturated heterocycles. The normalized spacial score (nSPS) is 22.0. The van der Waals surface area contributed by atoms with E-state index in [2.05, 4.69) is 16.4 Å². The van der Waals surface area contributed by atoms with Gasteiger partial charge in [0.1, 0.15) is 6.29 Å². The van der Waals surface area contributed by atoms with Crippen LogP contribution >= 0.6 is 23.2 Å². The van der Waals surface area contributed by atoms with Crippen LogP contribution in [0.3, 0.4) is 0 Å². The fourth-order valence-electron chi connectivity index (χ4n) is 4.69. The standard InChI is InChI=1S/C25H25Cl2N3O2/c26-20-10-15(11-21(27)24(20)32)14-1-6-22-18(9-14)23(30-17-4-2-16(28)3-5-17)19(12-29-22)25(13-31)7-8-25/h1,6,9-13,16-17,32H,2-5,7-8,28H2,(H,29,30). The summed E-state index contributed by atoms with van der Waals surface area (Å²) in [5, 5.41) is 15.1. The van der Waals surface area contributed by atoms with E-state index in [0.717, 1.165) is 78.1 Å². The third kappa shape index (κ3) is 3.83. The van der Waals surface area contributed by atoms with Gasteiger partial charge in [-0.3, -0.25) is 4.98 Å². The zero-order valence-corrected chi connectivity index (χ0v) is 19.1. The predicted octanol–water partition coefficient (Wildman–Crippen LogP) is 5.83. The van der Waals surface area contributed by atoms with E-state index in [0.29, 0.717) is 6.04 Å². The number of aromatic nitrogens is 1. The molecule has 2 saturated carbocycles. The average Bonchev–Trinajstić information content (AvgIpc) is 3.59. The lowest BCUT2D eigenvalue weighted by molar-refractivity contribution is -0.109. The molecule has 1 heterocycles. The molecule has 2 aliphatic rings. The first-order valence-electron chi connectivity index (χ1n) is 11.0. The van der Waals surface area contributed by atoms with Crippen LogP contribution in [0.1, 0.15) is 44.1 Å². The van der Waals surface area contributed by atoms with Gasteiger partial charge in [-0.1, -0.05) is 29.3 Å². The van der Waals surface area contributed by atoms with Gasteiger partial charge in [-0.2, -0.15) is 0 Å². The Balaban J connectivity index is 1.64. The van der Waals surface area contributed by atoms with Crippen LogP contribution in [0.25, 0.3) is 22.0 Å². The molecular formula is C25H25Cl2N3O2. The summed E-state index contributed by atoms with van der Waals surface area (Å²) in [6, 6.07) is 9.96. The van der Waals surface area contributed by atoms with Crippen molar-refractivity contribution in [3.05, 3.63) is 52.1 Å². The number of benzene rings is 2. The number of nitrogens with zero attached hydrogens (tertiary/aromatic N) is 1. The van der Waals surface area contributed by atoms with Crippen molar-refractivity contribution >= 4 is 46.1 Å². The summed E-state index contributed by atoms with van der Waals surface area (Å²) in [7, 11) is 0. The van der Waals surface area contributed by atoms with E-state index < -0.39 is 5.41 Å². The number of rotatable bonds is 5. The number of aldehydes is 1. The molecule has 1 aromatic heterocycles. The molecular weight excluding hydrogens is 445 g/mol. The van der Waals surface area contributed by atoms with E-state index in [1.165, 1.54) is 0 Å². The minimum absolute atomic E-state index is 0.124. The smallest absolute Gasteiger partial charge is 0.152 e. The molecule has 2 aromatic carbocycles. The number of pyridine rings is 1. The maximum atomic E-state index is 12.0. The van der Waals surface area contributed by atoms with Gasteiger partial charge < -0.3 is 21.0 Å². The topological polar surface area (TPSA) is 88.2 Å². The van der Waals surface area contributed by atoms with E-state index in [9.17, 15) is 9.90 Å². The lowest BCUT2D eigenvalue weighted by Crippen LogP contribution is -2.33. The second-order valence-corrected chi connectivity index (χ2v) is 9.91. The second-order valence-electron chi connectivity index (χ2n) is 9.10. The first kappa shape index (κ1) is 21.5. The molecule has 0 bridgehead atoms.